The molecule has 0 aromatic carbocycles. The maximum atomic E-state index is 11.0. The number of rotatable bonds is 8. The quantitative estimate of drug-likeness (QED) is 0.372. The van der Waals surface area contributed by atoms with Crippen molar-refractivity contribution in [1.29, 1.82) is 0 Å². The molecule has 0 unspecified atom stereocenters. The Bertz CT molecular complexity index is 146. The number of unbranched alkanes of at least 4 members (excludes halogenated alkanes) is 6. The standard InChI is InChI=1S/C11H23NO2/c1-3-4-5-6-7-8-9-10-11(13)12(2)14/h14H,3-10H2,1-2H3. The van der Waals surface area contributed by atoms with E-state index in [4.69, 9.17) is 5.21 Å². The molecule has 0 saturated carbocycles. The summed E-state index contributed by atoms with van der Waals surface area (Å²) in [5.74, 6) is -0.182. The Hall–Kier alpha value is -0.570. The first-order chi connectivity index (χ1) is 6.68. The number of carbonyl (C=O) groups excluding carboxylic acids is 1. The van der Waals surface area contributed by atoms with Crippen LogP contribution in [-0.2, 0) is 4.79 Å². The van der Waals surface area contributed by atoms with E-state index in [-0.39, 0.29) is 5.91 Å². The molecule has 0 radical (unpaired) electrons. The molecule has 0 aliphatic rings. The summed E-state index contributed by atoms with van der Waals surface area (Å²) in [5, 5.41) is 9.46. The lowest BCUT2D eigenvalue weighted by Gasteiger charge is -2.07. The average molecular weight is 201 g/mol. The van der Waals surface area contributed by atoms with Crippen molar-refractivity contribution < 1.29 is 10.0 Å². The highest BCUT2D eigenvalue weighted by Crippen LogP contribution is 2.08. The van der Waals surface area contributed by atoms with Crippen LogP contribution in [-0.4, -0.2) is 23.2 Å². The lowest BCUT2D eigenvalue weighted by Crippen LogP contribution is -2.21. The summed E-state index contributed by atoms with van der Waals surface area (Å²) in [7, 11) is 1.38. The van der Waals surface area contributed by atoms with E-state index in [0.29, 0.717) is 11.5 Å². The van der Waals surface area contributed by atoms with Gasteiger partial charge in [0.15, 0.2) is 0 Å². The molecule has 1 N–H and O–H groups in total. The number of hydrogen-bond donors (Lipinski definition) is 1. The van der Waals surface area contributed by atoms with Crippen molar-refractivity contribution in [2.45, 2.75) is 58.3 Å². The van der Waals surface area contributed by atoms with Crippen LogP contribution in [0.15, 0.2) is 0 Å². The van der Waals surface area contributed by atoms with Crippen LogP contribution in [0.2, 0.25) is 0 Å². The van der Waals surface area contributed by atoms with Crippen LogP contribution in [0.5, 0.6) is 0 Å². The van der Waals surface area contributed by atoms with Gasteiger partial charge in [0, 0.05) is 13.5 Å². The number of hydroxylamine groups is 2. The number of hydrogen-bond acceptors (Lipinski definition) is 2. The molecule has 0 rings (SSSR count). The maximum absolute atomic E-state index is 11.0. The predicted molar refractivity (Wildman–Crippen MR) is 57.2 cm³/mol. The van der Waals surface area contributed by atoms with E-state index in [9.17, 15) is 4.79 Å². The Morgan fingerprint density at radius 1 is 1.07 bits per heavy atom. The van der Waals surface area contributed by atoms with Crippen molar-refractivity contribution in [1.82, 2.24) is 5.06 Å². The van der Waals surface area contributed by atoms with Gasteiger partial charge >= 0.3 is 0 Å². The first-order valence-corrected chi connectivity index (χ1v) is 5.64. The first-order valence-electron chi connectivity index (χ1n) is 5.64. The highest BCUT2D eigenvalue weighted by Gasteiger charge is 2.03. The highest BCUT2D eigenvalue weighted by atomic mass is 16.5. The third-order valence-corrected chi connectivity index (χ3v) is 2.36. The molecule has 1 amide bonds. The second-order valence-electron chi connectivity index (χ2n) is 3.79. The molecule has 0 spiro atoms. The van der Waals surface area contributed by atoms with E-state index in [1.165, 1.54) is 39.2 Å². The normalized spacial score (nSPS) is 10.2. The Morgan fingerprint density at radius 3 is 2.07 bits per heavy atom. The Kier molecular flexibility index (Phi) is 8.64. The monoisotopic (exact) mass is 201 g/mol. The Balaban J connectivity index is 3.10. The van der Waals surface area contributed by atoms with Crippen molar-refractivity contribution in [3.63, 3.8) is 0 Å². The summed E-state index contributed by atoms with van der Waals surface area (Å²) in [6.07, 6.45) is 8.86. The summed E-state index contributed by atoms with van der Waals surface area (Å²) >= 11 is 0. The van der Waals surface area contributed by atoms with Crippen LogP contribution < -0.4 is 0 Å². The first kappa shape index (κ1) is 13.4. The van der Waals surface area contributed by atoms with Crippen molar-refractivity contribution in [2.75, 3.05) is 7.05 Å². The third kappa shape index (κ3) is 8.05. The minimum Gasteiger partial charge on any atom is -0.286 e. The fraction of sp³-hybridized carbons (Fsp3) is 0.909. The number of nitrogens with zero attached hydrogens (tertiary/aromatic N) is 1. The fourth-order valence-corrected chi connectivity index (χ4v) is 1.40. The minimum atomic E-state index is -0.182. The zero-order valence-electron chi connectivity index (χ0n) is 9.46. The Labute approximate surface area is 87.1 Å². The van der Waals surface area contributed by atoms with Gasteiger partial charge in [0.05, 0.1) is 0 Å². The van der Waals surface area contributed by atoms with E-state index in [0.717, 1.165) is 12.8 Å². The van der Waals surface area contributed by atoms with Crippen molar-refractivity contribution >= 4 is 5.91 Å². The summed E-state index contributed by atoms with van der Waals surface area (Å²) in [6, 6.07) is 0. The van der Waals surface area contributed by atoms with Crippen LogP contribution in [0, 0.1) is 0 Å². The van der Waals surface area contributed by atoms with Crippen molar-refractivity contribution in [3.05, 3.63) is 0 Å². The second kappa shape index (κ2) is 9.00. The fourth-order valence-electron chi connectivity index (χ4n) is 1.40. The summed E-state index contributed by atoms with van der Waals surface area (Å²) in [6.45, 7) is 2.20. The molecule has 0 bridgehead atoms. The topological polar surface area (TPSA) is 40.5 Å². The molecule has 3 nitrogen and oxygen atoms in total. The largest absolute Gasteiger partial charge is 0.286 e. The molecular weight excluding hydrogens is 178 g/mol. The number of amides is 1. The predicted octanol–water partition coefficient (Wildman–Crippen LogP) is 2.97. The van der Waals surface area contributed by atoms with Crippen molar-refractivity contribution in [3.8, 4) is 0 Å². The van der Waals surface area contributed by atoms with Crippen LogP contribution >= 0.6 is 0 Å². The Morgan fingerprint density at radius 2 is 1.57 bits per heavy atom. The highest BCUT2D eigenvalue weighted by molar-refractivity contribution is 5.74. The molecule has 0 saturated heterocycles. The molecule has 0 fully saturated rings. The third-order valence-electron chi connectivity index (χ3n) is 2.36. The van der Waals surface area contributed by atoms with E-state index < -0.39 is 0 Å². The maximum Gasteiger partial charge on any atom is 0.245 e. The lowest BCUT2D eigenvalue weighted by molar-refractivity contribution is -0.159. The van der Waals surface area contributed by atoms with Gasteiger partial charge < -0.3 is 0 Å². The molecule has 14 heavy (non-hydrogen) atoms. The zero-order chi connectivity index (χ0) is 10.8. The molecule has 84 valence electrons. The molecular formula is C11H23NO2. The van der Waals surface area contributed by atoms with Gasteiger partial charge in [-0.05, 0) is 6.42 Å². The van der Waals surface area contributed by atoms with E-state index in [1.54, 1.807) is 0 Å². The lowest BCUT2D eigenvalue weighted by atomic mass is 10.1. The molecule has 0 atom stereocenters. The van der Waals surface area contributed by atoms with Gasteiger partial charge in [0.2, 0.25) is 5.91 Å². The van der Waals surface area contributed by atoms with Crippen LogP contribution in [0.4, 0.5) is 0 Å². The summed E-state index contributed by atoms with van der Waals surface area (Å²) < 4.78 is 0. The number of carbonyl (C=O) groups is 1. The molecule has 3 heteroatoms. The van der Waals surface area contributed by atoms with E-state index in [1.807, 2.05) is 0 Å². The zero-order valence-corrected chi connectivity index (χ0v) is 9.46. The summed E-state index contributed by atoms with van der Waals surface area (Å²) in [5.41, 5.74) is 0. The van der Waals surface area contributed by atoms with Gasteiger partial charge in [-0.1, -0.05) is 45.4 Å². The smallest absolute Gasteiger partial charge is 0.245 e. The second-order valence-corrected chi connectivity index (χ2v) is 3.79. The van der Waals surface area contributed by atoms with Gasteiger partial charge in [-0.2, -0.15) is 0 Å². The van der Waals surface area contributed by atoms with Gasteiger partial charge in [-0.15, -0.1) is 0 Å². The minimum absolute atomic E-state index is 0.182. The van der Waals surface area contributed by atoms with Gasteiger partial charge in [0.1, 0.15) is 0 Å². The molecule has 0 aliphatic carbocycles. The molecule has 0 aliphatic heterocycles. The SMILES string of the molecule is CCCCCCCCCC(=O)N(C)O. The van der Waals surface area contributed by atoms with Gasteiger partial charge in [-0.25, -0.2) is 5.06 Å². The average Bonchev–Trinajstić information content (AvgIpc) is 2.16. The van der Waals surface area contributed by atoms with E-state index in [2.05, 4.69) is 6.92 Å². The van der Waals surface area contributed by atoms with E-state index >= 15 is 0 Å². The van der Waals surface area contributed by atoms with Gasteiger partial charge in [-0.3, -0.25) is 10.0 Å². The molecule has 0 aromatic heterocycles. The van der Waals surface area contributed by atoms with Crippen molar-refractivity contribution in [2.24, 2.45) is 0 Å². The van der Waals surface area contributed by atoms with Gasteiger partial charge in [0.25, 0.3) is 0 Å². The van der Waals surface area contributed by atoms with Crippen LogP contribution in [0.25, 0.3) is 0 Å². The molecule has 0 aromatic rings. The van der Waals surface area contributed by atoms with Crippen LogP contribution in [0.1, 0.15) is 58.3 Å². The van der Waals surface area contributed by atoms with Crippen LogP contribution in [0.3, 0.4) is 0 Å². The summed E-state index contributed by atoms with van der Waals surface area (Å²) in [4.78, 5) is 11.0. The molecule has 0 heterocycles.